The Hall–Kier alpha value is -2.99. The van der Waals surface area contributed by atoms with E-state index >= 15 is 0 Å². The van der Waals surface area contributed by atoms with E-state index in [1.807, 2.05) is 0 Å². The average Bonchev–Trinajstić information content (AvgIpc) is 3.41. The summed E-state index contributed by atoms with van der Waals surface area (Å²) in [6.45, 7) is 1.36. The first-order valence-electron chi connectivity index (χ1n) is 10.5. The van der Waals surface area contributed by atoms with Crippen LogP contribution in [0.25, 0.3) is 22.5 Å². The molecule has 0 radical (unpaired) electrons. The van der Waals surface area contributed by atoms with E-state index < -0.39 is 24.0 Å². The molecule has 12 heteroatoms. The molecule has 1 saturated heterocycles. The lowest BCUT2D eigenvalue weighted by Gasteiger charge is -2.23. The van der Waals surface area contributed by atoms with Gasteiger partial charge in [-0.15, -0.1) is 10.2 Å². The second-order valence-corrected chi connectivity index (χ2v) is 8.88. The zero-order chi connectivity index (χ0) is 24.0. The van der Waals surface area contributed by atoms with Crippen molar-refractivity contribution in [1.82, 2.24) is 24.6 Å². The molecule has 0 saturated carbocycles. The topological polar surface area (TPSA) is 77.9 Å². The van der Waals surface area contributed by atoms with Gasteiger partial charge >= 0.3 is 12.1 Å². The van der Waals surface area contributed by atoms with Crippen molar-refractivity contribution in [3.8, 4) is 11.5 Å². The number of halogens is 5. The summed E-state index contributed by atoms with van der Waals surface area (Å²) >= 11 is 3.19. The first-order chi connectivity index (χ1) is 16.3. The third-order valence-electron chi connectivity index (χ3n) is 5.93. The molecule has 0 aliphatic carbocycles. The van der Waals surface area contributed by atoms with Gasteiger partial charge in [0.15, 0.2) is 0 Å². The van der Waals surface area contributed by atoms with Crippen LogP contribution < -0.4 is 11.0 Å². The summed E-state index contributed by atoms with van der Waals surface area (Å²) in [5, 5.41) is 10.0. The fraction of sp³-hybridized carbons (Fsp3) is 0.318. The Balaban J connectivity index is 1.55. The predicted octanol–water partition coefficient (Wildman–Crippen LogP) is 4.80. The molecule has 5 rings (SSSR count). The minimum Gasteiger partial charge on any atom is -0.415 e. The number of aromatic nitrogens is 4. The third kappa shape index (κ3) is 4.05. The molecule has 1 aliphatic rings. The summed E-state index contributed by atoms with van der Waals surface area (Å²) in [6, 6.07) is 6.69. The fourth-order valence-electron chi connectivity index (χ4n) is 4.26. The van der Waals surface area contributed by atoms with E-state index in [0.717, 1.165) is 32.0 Å². The number of nitrogens with one attached hydrogen (secondary N) is 1. The summed E-state index contributed by atoms with van der Waals surface area (Å²) in [6.07, 6.45) is -1.46. The molecule has 3 heterocycles. The van der Waals surface area contributed by atoms with Crippen molar-refractivity contribution in [2.75, 3.05) is 13.1 Å². The van der Waals surface area contributed by atoms with E-state index in [1.165, 1.54) is 22.8 Å². The van der Waals surface area contributed by atoms with Crippen LogP contribution in [-0.4, -0.2) is 32.4 Å². The summed E-state index contributed by atoms with van der Waals surface area (Å²) in [7, 11) is 0. The summed E-state index contributed by atoms with van der Waals surface area (Å²) in [5.74, 6) is -2.33. The van der Waals surface area contributed by atoms with E-state index in [-0.39, 0.29) is 39.8 Å². The first-order valence-corrected chi connectivity index (χ1v) is 11.3. The zero-order valence-electron chi connectivity index (χ0n) is 17.6. The highest BCUT2D eigenvalue weighted by molar-refractivity contribution is 9.10. The number of piperidine rings is 1. The number of rotatable bonds is 5. The minimum atomic E-state index is -2.94. The molecule has 0 spiro atoms. The summed E-state index contributed by atoms with van der Waals surface area (Å²) < 4.78 is 62.9. The van der Waals surface area contributed by atoms with Gasteiger partial charge in [0.2, 0.25) is 5.89 Å². The molecule has 1 N–H and O–H groups in total. The van der Waals surface area contributed by atoms with Crippen LogP contribution in [0.5, 0.6) is 0 Å². The zero-order valence-corrected chi connectivity index (χ0v) is 19.2. The van der Waals surface area contributed by atoms with Crippen LogP contribution in [0.2, 0.25) is 0 Å². The number of alkyl halides is 2. The SMILES string of the molecule is O=c1n(Cc2ccc(-c3nnc(C(F)F)o3)cc2F)c2cc(F)c(Br)cc2n1C1CCNCC1. The van der Waals surface area contributed by atoms with Crippen LogP contribution in [-0.2, 0) is 6.54 Å². The van der Waals surface area contributed by atoms with Crippen molar-refractivity contribution >= 4 is 27.0 Å². The normalized spacial score (nSPS) is 15.0. The molecule has 7 nitrogen and oxygen atoms in total. The van der Waals surface area contributed by atoms with Gasteiger partial charge in [0.25, 0.3) is 5.89 Å². The van der Waals surface area contributed by atoms with Crippen LogP contribution in [0.1, 0.15) is 36.8 Å². The molecule has 0 bridgehead atoms. The van der Waals surface area contributed by atoms with Crippen LogP contribution in [0.4, 0.5) is 17.6 Å². The largest absolute Gasteiger partial charge is 0.415 e. The number of benzene rings is 2. The molecular formula is C22H18BrF4N5O2. The average molecular weight is 540 g/mol. The van der Waals surface area contributed by atoms with E-state index in [4.69, 9.17) is 4.42 Å². The summed E-state index contributed by atoms with van der Waals surface area (Å²) in [4.78, 5) is 13.4. The second kappa shape index (κ2) is 8.99. The van der Waals surface area contributed by atoms with Gasteiger partial charge in [-0.25, -0.2) is 13.6 Å². The monoisotopic (exact) mass is 539 g/mol. The van der Waals surface area contributed by atoms with E-state index in [9.17, 15) is 22.4 Å². The first kappa shape index (κ1) is 22.8. The molecule has 0 unspecified atom stereocenters. The molecule has 34 heavy (non-hydrogen) atoms. The Morgan fingerprint density at radius 2 is 1.85 bits per heavy atom. The van der Waals surface area contributed by atoms with Crippen molar-refractivity contribution in [3.63, 3.8) is 0 Å². The number of hydrogen-bond acceptors (Lipinski definition) is 5. The standard InChI is InChI=1S/C22H18BrF4N5O2/c23-14-8-18-17(9-16(14)25)31(22(33)32(18)13-3-5-28-6-4-13)10-12-2-1-11(7-15(12)24)20-29-30-21(34-20)19(26)27/h1-2,7-9,13,19,28H,3-6,10H2. The maximum atomic E-state index is 15.0. The van der Waals surface area contributed by atoms with Gasteiger partial charge in [-0.1, -0.05) is 6.07 Å². The highest BCUT2D eigenvalue weighted by Crippen LogP contribution is 2.29. The molecule has 0 amide bonds. The van der Waals surface area contributed by atoms with E-state index in [2.05, 4.69) is 31.4 Å². The Kier molecular flexibility index (Phi) is 6.02. The molecule has 1 fully saturated rings. The van der Waals surface area contributed by atoms with Crippen molar-refractivity contribution in [2.24, 2.45) is 0 Å². The van der Waals surface area contributed by atoms with Crippen molar-refractivity contribution in [2.45, 2.75) is 31.9 Å². The van der Waals surface area contributed by atoms with E-state index in [0.29, 0.717) is 11.0 Å². The number of fused-ring (bicyclic) bond motifs is 1. The van der Waals surface area contributed by atoms with Gasteiger partial charge in [-0.2, -0.15) is 8.78 Å². The molecule has 2 aromatic heterocycles. The maximum Gasteiger partial charge on any atom is 0.329 e. The van der Waals surface area contributed by atoms with Crippen molar-refractivity contribution in [1.29, 1.82) is 0 Å². The van der Waals surface area contributed by atoms with Crippen molar-refractivity contribution in [3.05, 3.63) is 68.4 Å². The number of imidazole rings is 1. The lowest BCUT2D eigenvalue weighted by Crippen LogP contribution is -2.35. The smallest absolute Gasteiger partial charge is 0.329 e. The van der Waals surface area contributed by atoms with Crippen LogP contribution in [0.3, 0.4) is 0 Å². The lowest BCUT2D eigenvalue weighted by atomic mass is 10.1. The Morgan fingerprint density at radius 1 is 1.09 bits per heavy atom. The molecule has 2 aromatic carbocycles. The molecule has 178 valence electrons. The minimum absolute atomic E-state index is 0.0661. The Morgan fingerprint density at radius 3 is 2.53 bits per heavy atom. The van der Waals surface area contributed by atoms with Gasteiger partial charge < -0.3 is 9.73 Å². The third-order valence-corrected chi connectivity index (χ3v) is 6.54. The number of nitrogens with zero attached hydrogens (tertiary/aromatic N) is 4. The van der Waals surface area contributed by atoms with E-state index in [1.54, 1.807) is 10.6 Å². The highest BCUT2D eigenvalue weighted by Gasteiger charge is 2.24. The van der Waals surface area contributed by atoms with Crippen LogP contribution in [0, 0.1) is 11.6 Å². The lowest BCUT2D eigenvalue weighted by molar-refractivity contribution is 0.116. The van der Waals surface area contributed by atoms with Gasteiger partial charge in [0.1, 0.15) is 11.6 Å². The van der Waals surface area contributed by atoms with Gasteiger partial charge in [-0.3, -0.25) is 9.13 Å². The quantitative estimate of drug-likeness (QED) is 0.368. The second-order valence-electron chi connectivity index (χ2n) is 8.03. The fourth-order valence-corrected chi connectivity index (χ4v) is 4.59. The van der Waals surface area contributed by atoms with Crippen LogP contribution >= 0.6 is 15.9 Å². The van der Waals surface area contributed by atoms with Crippen molar-refractivity contribution < 1.29 is 22.0 Å². The molecule has 0 atom stereocenters. The van der Waals surface area contributed by atoms with Gasteiger partial charge in [0, 0.05) is 23.2 Å². The molecule has 1 aliphatic heterocycles. The maximum absolute atomic E-state index is 15.0. The van der Waals surface area contributed by atoms with Gasteiger partial charge in [0.05, 0.1) is 22.1 Å². The Bertz CT molecular complexity index is 1420. The highest BCUT2D eigenvalue weighted by atomic mass is 79.9. The van der Waals surface area contributed by atoms with Crippen LogP contribution in [0.15, 0.2) is 44.0 Å². The Labute approximate surface area is 198 Å². The summed E-state index contributed by atoms with van der Waals surface area (Å²) in [5.41, 5.74) is 0.840. The molecule has 4 aromatic rings. The van der Waals surface area contributed by atoms with Gasteiger partial charge in [-0.05, 0) is 60.1 Å². The number of hydrogen-bond donors (Lipinski definition) is 1. The molecular weight excluding hydrogens is 522 g/mol. The predicted molar refractivity (Wildman–Crippen MR) is 119 cm³/mol.